The Morgan fingerprint density at radius 1 is 1.45 bits per heavy atom. The van der Waals surface area contributed by atoms with E-state index in [0.29, 0.717) is 5.52 Å². The van der Waals surface area contributed by atoms with Crippen LogP contribution in [0.2, 0.25) is 0 Å². The summed E-state index contributed by atoms with van der Waals surface area (Å²) in [6.45, 7) is 5.20. The molecule has 20 heavy (non-hydrogen) atoms. The van der Waals surface area contributed by atoms with Gasteiger partial charge < -0.3 is 9.72 Å². The summed E-state index contributed by atoms with van der Waals surface area (Å²) in [6.07, 6.45) is -0.681. The number of nitro groups is 1. The number of para-hydroxylation sites is 1. The normalized spacial score (nSPS) is 11.3. The first-order valence-corrected chi connectivity index (χ1v) is 5.89. The molecule has 0 atom stereocenters. The number of imidazole rings is 1. The Morgan fingerprint density at radius 2 is 2.15 bits per heavy atom. The number of hydrogen-bond donors (Lipinski definition) is 2. The van der Waals surface area contributed by atoms with Crippen molar-refractivity contribution in [3.05, 3.63) is 28.3 Å². The molecule has 0 saturated carbocycles. The fraction of sp³-hybridized carbons (Fsp3) is 0.333. The minimum Gasteiger partial charge on any atom is -0.444 e. The van der Waals surface area contributed by atoms with E-state index in [9.17, 15) is 14.9 Å². The number of H-pyrrole nitrogens is 1. The third-order valence-corrected chi connectivity index (χ3v) is 2.31. The molecule has 1 aromatic carbocycles. The fourth-order valence-corrected chi connectivity index (χ4v) is 1.62. The summed E-state index contributed by atoms with van der Waals surface area (Å²) in [4.78, 5) is 28.7. The molecule has 0 saturated heterocycles. The molecular formula is C12H14N4O4. The second-order valence-corrected chi connectivity index (χ2v) is 5.14. The third-order valence-electron chi connectivity index (χ3n) is 2.31. The van der Waals surface area contributed by atoms with E-state index < -0.39 is 16.6 Å². The molecule has 0 spiro atoms. The molecule has 0 radical (unpaired) electrons. The quantitative estimate of drug-likeness (QED) is 0.648. The first-order chi connectivity index (χ1) is 9.26. The van der Waals surface area contributed by atoms with Gasteiger partial charge in [0.25, 0.3) is 5.69 Å². The summed E-state index contributed by atoms with van der Waals surface area (Å²) in [5.74, 6) is 0.101. The van der Waals surface area contributed by atoms with Gasteiger partial charge >= 0.3 is 6.09 Å². The lowest BCUT2D eigenvalue weighted by atomic mass is 10.2. The molecule has 1 aromatic heterocycles. The molecule has 0 unspecified atom stereocenters. The number of hydrogen-bond acceptors (Lipinski definition) is 5. The van der Waals surface area contributed by atoms with Gasteiger partial charge in [-0.2, -0.15) is 0 Å². The van der Waals surface area contributed by atoms with E-state index in [2.05, 4.69) is 15.3 Å². The van der Waals surface area contributed by atoms with Gasteiger partial charge in [0.05, 0.1) is 10.4 Å². The number of nitrogens with one attached hydrogen (secondary N) is 2. The molecule has 1 amide bonds. The maximum absolute atomic E-state index is 11.6. The minimum atomic E-state index is -0.681. The zero-order valence-corrected chi connectivity index (χ0v) is 11.3. The summed E-state index contributed by atoms with van der Waals surface area (Å²) in [6, 6.07) is 4.52. The van der Waals surface area contributed by atoms with Crippen LogP contribution in [0.1, 0.15) is 20.8 Å². The van der Waals surface area contributed by atoms with Crippen molar-refractivity contribution in [3.63, 3.8) is 0 Å². The van der Waals surface area contributed by atoms with Crippen LogP contribution in [-0.2, 0) is 4.74 Å². The molecular weight excluding hydrogens is 264 g/mol. The molecule has 8 nitrogen and oxygen atoms in total. The van der Waals surface area contributed by atoms with Gasteiger partial charge in [0.15, 0.2) is 5.52 Å². The summed E-state index contributed by atoms with van der Waals surface area (Å²) in [7, 11) is 0. The largest absolute Gasteiger partial charge is 0.444 e. The number of nitro benzene ring substituents is 1. The molecule has 2 aromatic rings. The SMILES string of the molecule is CC(C)(C)OC(=O)Nc1nc2c([N+](=O)[O-])cccc2[nH]1. The van der Waals surface area contributed by atoms with Crippen LogP contribution >= 0.6 is 0 Å². The molecule has 1 heterocycles. The average Bonchev–Trinajstić information content (AvgIpc) is 2.67. The molecule has 0 aliphatic carbocycles. The molecule has 106 valence electrons. The van der Waals surface area contributed by atoms with Crippen LogP contribution in [0.5, 0.6) is 0 Å². The number of nitrogens with zero attached hydrogens (tertiary/aromatic N) is 2. The molecule has 0 aliphatic heterocycles. The van der Waals surface area contributed by atoms with Crippen molar-refractivity contribution in [2.75, 3.05) is 5.32 Å². The first-order valence-electron chi connectivity index (χ1n) is 5.89. The van der Waals surface area contributed by atoms with E-state index in [4.69, 9.17) is 4.74 Å². The lowest BCUT2D eigenvalue weighted by Crippen LogP contribution is -2.27. The van der Waals surface area contributed by atoms with Crippen LogP contribution in [0.25, 0.3) is 11.0 Å². The van der Waals surface area contributed by atoms with E-state index in [1.165, 1.54) is 12.1 Å². The number of non-ortho nitro benzene ring substituents is 1. The van der Waals surface area contributed by atoms with Gasteiger partial charge in [0, 0.05) is 6.07 Å². The maximum Gasteiger partial charge on any atom is 0.414 e. The van der Waals surface area contributed by atoms with E-state index in [0.717, 1.165) is 0 Å². The number of amides is 1. The van der Waals surface area contributed by atoms with Crippen LogP contribution in [0, 0.1) is 10.1 Å². The first kappa shape index (κ1) is 13.8. The summed E-state index contributed by atoms with van der Waals surface area (Å²) in [5, 5.41) is 13.3. The Labute approximate surface area is 114 Å². The average molecular weight is 278 g/mol. The Kier molecular flexibility index (Phi) is 3.31. The number of anilines is 1. The monoisotopic (exact) mass is 278 g/mol. The van der Waals surface area contributed by atoms with Crippen LogP contribution in [0.15, 0.2) is 18.2 Å². The van der Waals surface area contributed by atoms with Gasteiger partial charge in [-0.3, -0.25) is 15.4 Å². The third kappa shape index (κ3) is 3.02. The Hall–Kier alpha value is -2.64. The summed E-state index contributed by atoms with van der Waals surface area (Å²) >= 11 is 0. The van der Waals surface area contributed by atoms with Crippen molar-refractivity contribution in [1.82, 2.24) is 9.97 Å². The van der Waals surface area contributed by atoms with Crippen LogP contribution in [-0.4, -0.2) is 26.6 Å². The number of benzene rings is 1. The molecule has 0 aliphatic rings. The molecule has 2 N–H and O–H groups in total. The Balaban J connectivity index is 2.27. The van der Waals surface area contributed by atoms with Crippen LogP contribution < -0.4 is 5.32 Å². The second kappa shape index (κ2) is 4.80. The van der Waals surface area contributed by atoms with Gasteiger partial charge in [-0.25, -0.2) is 9.78 Å². The smallest absolute Gasteiger partial charge is 0.414 e. The highest BCUT2D eigenvalue weighted by atomic mass is 16.6. The highest BCUT2D eigenvalue weighted by molar-refractivity contribution is 5.90. The van der Waals surface area contributed by atoms with Gasteiger partial charge in [-0.05, 0) is 26.8 Å². The lowest BCUT2D eigenvalue weighted by Gasteiger charge is -2.18. The summed E-state index contributed by atoms with van der Waals surface area (Å²) in [5.41, 5.74) is -0.118. The molecule has 0 fully saturated rings. The number of carbonyl (C=O) groups excluding carboxylic acids is 1. The van der Waals surface area contributed by atoms with Crippen LogP contribution in [0.3, 0.4) is 0 Å². The molecule has 8 heteroatoms. The number of aromatic nitrogens is 2. The standard InChI is InChI=1S/C12H14N4O4/c1-12(2,3)20-11(17)15-10-13-7-5-4-6-8(16(18)19)9(7)14-10/h4-6H,1-3H3,(H2,13,14,15,17). The van der Waals surface area contributed by atoms with Gasteiger partial charge in [-0.1, -0.05) is 6.07 Å². The maximum atomic E-state index is 11.6. The Morgan fingerprint density at radius 3 is 2.75 bits per heavy atom. The van der Waals surface area contributed by atoms with Crippen molar-refractivity contribution in [1.29, 1.82) is 0 Å². The number of fused-ring (bicyclic) bond motifs is 1. The highest BCUT2D eigenvalue weighted by Gasteiger charge is 2.19. The van der Waals surface area contributed by atoms with E-state index in [1.807, 2.05) is 0 Å². The topological polar surface area (TPSA) is 110 Å². The predicted octanol–water partition coefficient (Wildman–Crippen LogP) is 2.82. The van der Waals surface area contributed by atoms with Crippen molar-refractivity contribution in [2.24, 2.45) is 0 Å². The molecule has 0 bridgehead atoms. The molecule has 2 rings (SSSR count). The van der Waals surface area contributed by atoms with Crippen molar-refractivity contribution < 1.29 is 14.5 Å². The van der Waals surface area contributed by atoms with E-state index >= 15 is 0 Å². The zero-order chi connectivity index (χ0) is 14.9. The highest BCUT2D eigenvalue weighted by Crippen LogP contribution is 2.24. The summed E-state index contributed by atoms with van der Waals surface area (Å²) < 4.78 is 5.07. The number of ether oxygens (including phenoxy) is 1. The number of rotatable bonds is 2. The van der Waals surface area contributed by atoms with Gasteiger partial charge in [0.1, 0.15) is 5.60 Å². The van der Waals surface area contributed by atoms with E-state index in [-0.39, 0.29) is 17.2 Å². The van der Waals surface area contributed by atoms with Crippen molar-refractivity contribution in [2.45, 2.75) is 26.4 Å². The number of aromatic amines is 1. The predicted molar refractivity (Wildman–Crippen MR) is 72.6 cm³/mol. The van der Waals surface area contributed by atoms with Crippen molar-refractivity contribution >= 4 is 28.8 Å². The van der Waals surface area contributed by atoms with Crippen LogP contribution in [0.4, 0.5) is 16.4 Å². The minimum absolute atomic E-state index is 0.101. The lowest BCUT2D eigenvalue weighted by molar-refractivity contribution is -0.383. The number of carbonyl (C=O) groups is 1. The van der Waals surface area contributed by atoms with E-state index in [1.54, 1.807) is 26.8 Å². The van der Waals surface area contributed by atoms with Gasteiger partial charge in [0.2, 0.25) is 5.95 Å². The van der Waals surface area contributed by atoms with Crippen molar-refractivity contribution in [3.8, 4) is 0 Å². The van der Waals surface area contributed by atoms with Gasteiger partial charge in [-0.15, -0.1) is 0 Å². The zero-order valence-electron chi connectivity index (χ0n) is 11.3. The Bertz CT molecular complexity index is 672. The fourth-order valence-electron chi connectivity index (χ4n) is 1.62. The second-order valence-electron chi connectivity index (χ2n) is 5.14.